The Bertz CT molecular complexity index is 1160. The van der Waals surface area contributed by atoms with Crippen LogP contribution in [0.3, 0.4) is 0 Å². The standard InChI is InChI=1S/C24H24F3N3O2/c1-28-22(31)15-9-7-14(8-10-15)12-19-21(20-17(25)5-2-6-18(20)30-19)23(32)29-16-4-3-11-24(26,27)13-16/h2,5-10,16,30H,3-4,11-13H2,1H3,(H,28,31)(H,29,32). The summed E-state index contributed by atoms with van der Waals surface area (Å²) in [5, 5.41) is 5.39. The molecular weight excluding hydrogens is 419 g/mol. The Morgan fingerprint density at radius 1 is 1.12 bits per heavy atom. The van der Waals surface area contributed by atoms with E-state index in [4.69, 9.17) is 0 Å². The number of amides is 2. The van der Waals surface area contributed by atoms with Crippen LogP contribution in [0.5, 0.6) is 0 Å². The minimum absolute atomic E-state index is 0.127. The van der Waals surface area contributed by atoms with Gasteiger partial charge in [-0.3, -0.25) is 9.59 Å². The fourth-order valence-corrected chi connectivity index (χ4v) is 4.32. The van der Waals surface area contributed by atoms with Crippen LogP contribution in [0.1, 0.15) is 57.7 Å². The number of carbonyl (C=O) groups is 2. The van der Waals surface area contributed by atoms with Gasteiger partial charge in [0.15, 0.2) is 0 Å². The highest BCUT2D eigenvalue weighted by Crippen LogP contribution is 2.34. The SMILES string of the molecule is CNC(=O)c1ccc(Cc2[nH]c3cccc(F)c3c2C(=O)NC2CCCC(F)(F)C2)cc1. The minimum atomic E-state index is -2.81. The van der Waals surface area contributed by atoms with Gasteiger partial charge in [-0.25, -0.2) is 13.2 Å². The number of H-pyrrole nitrogens is 1. The van der Waals surface area contributed by atoms with Crippen LogP contribution in [-0.2, 0) is 6.42 Å². The largest absolute Gasteiger partial charge is 0.357 e. The molecule has 0 bridgehead atoms. The highest BCUT2D eigenvalue weighted by atomic mass is 19.3. The summed E-state index contributed by atoms with van der Waals surface area (Å²) in [4.78, 5) is 28.0. The van der Waals surface area contributed by atoms with Crippen LogP contribution >= 0.6 is 0 Å². The number of benzene rings is 2. The van der Waals surface area contributed by atoms with Crippen LogP contribution in [0.25, 0.3) is 10.9 Å². The number of carbonyl (C=O) groups excluding carboxylic acids is 2. The van der Waals surface area contributed by atoms with Gasteiger partial charge in [0.1, 0.15) is 5.82 Å². The predicted octanol–water partition coefficient (Wildman–Crippen LogP) is 4.57. The summed E-state index contributed by atoms with van der Waals surface area (Å²) in [7, 11) is 1.54. The topological polar surface area (TPSA) is 74.0 Å². The van der Waals surface area contributed by atoms with Crippen LogP contribution < -0.4 is 10.6 Å². The quantitative estimate of drug-likeness (QED) is 0.541. The molecule has 1 aromatic heterocycles. The number of hydrogen-bond acceptors (Lipinski definition) is 2. The summed E-state index contributed by atoms with van der Waals surface area (Å²) in [6, 6.07) is 10.7. The number of hydrogen-bond donors (Lipinski definition) is 3. The molecule has 1 aliphatic rings. The molecule has 2 aromatic carbocycles. The maximum Gasteiger partial charge on any atom is 0.254 e. The first-order valence-corrected chi connectivity index (χ1v) is 10.6. The first-order chi connectivity index (χ1) is 15.3. The van der Waals surface area contributed by atoms with Gasteiger partial charge in [0.25, 0.3) is 11.8 Å². The minimum Gasteiger partial charge on any atom is -0.357 e. The van der Waals surface area contributed by atoms with E-state index < -0.39 is 30.1 Å². The van der Waals surface area contributed by atoms with Gasteiger partial charge in [0.2, 0.25) is 5.92 Å². The van der Waals surface area contributed by atoms with Crippen LogP contribution in [0.2, 0.25) is 0 Å². The molecule has 1 fully saturated rings. The Morgan fingerprint density at radius 3 is 2.56 bits per heavy atom. The number of aromatic nitrogens is 1. The van der Waals surface area contributed by atoms with Gasteiger partial charge >= 0.3 is 0 Å². The van der Waals surface area contributed by atoms with Crippen molar-refractivity contribution < 1.29 is 22.8 Å². The fraction of sp³-hybridized carbons (Fsp3) is 0.333. The molecule has 1 atom stereocenters. The maximum atomic E-state index is 14.7. The average molecular weight is 443 g/mol. The molecular formula is C24H24F3N3O2. The van der Waals surface area contributed by atoms with Crippen molar-refractivity contribution in [2.24, 2.45) is 0 Å². The highest BCUT2D eigenvalue weighted by molar-refractivity contribution is 6.08. The third kappa shape index (κ3) is 4.49. The molecule has 3 N–H and O–H groups in total. The van der Waals surface area contributed by atoms with Gasteiger partial charge < -0.3 is 15.6 Å². The van der Waals surface area contributed by atoms with Gasteiger partial charge in [-0.15, -0.1) is 0 Å². The average Bonchev–Trinajstić information content (AvgIpc) is 3.12. The van der Waals surface area contributed by atoms with Crippen molar-refractivity contribution in [3.05, 3.63) is 70.7 Å². The normalized spacial score (nSPS) is 17.8. The van der Waals surface area contributed by atoms with E-state index in [0.717, 1.165) is 5.56 Å². The molecule has 1 unspecified atom stereocenters. The number of aromatic amines is 1. The second kappa shape index (κ2) is 8.68. The molecule has 32 heavy (non-hydrogen) atoms. The van der Waals surface area contributed by atoms with Crippen molar-refractivity contribution in [1.82, 2.24) is 15.6 Å². The van der Waals surface area contributed by atoms with Crippen molar-refractivity contribution in [2.45, 2.75) is 44.1 Å². The van der Waals surface area contributed by atoms with Gasteiger partial charge in [-0.2, -0.15) is 0 Å². The number of halogens is 3. The summed E-state index contributed by atoms with van der Waals surface area (Å²) in [6.45, 7) is 0. The summed E-state index contributed by atoms with van der Waals surface area (Å²) < 4.78 is 42.3. The van der Waals surface area contributed by atoms with Crippen LogP contribution in [0.15, 0.2) is 42.5 Å². The Labute approximate surface area is 183 Å². The molecule has 1 heterocycles. The molecule has 0 saturated heterocycles. The van der Waals surface area contributed by atoms with Gasteiger partial charge in [-0.1, -0.05) is 18.2 Å². The zero-order chi connectivity index (χ0) is 22.9. The first kappa shape index (κ1) is 21.9. The van der Waals surface area contributed by atoms with Gasteiger partial charge in [0, 0.05) is 54.5 Å². The molecule has 0 spiro atoms. The summed E-state index contributed by atoms with van der Waals surface area (Å²) in [5.74, 6) is -4.15. The van der Waals surface area contributed by atoms with Crippen molar-refractivity contribution in [1.29, 1.82) is 0 Å². The molecule has 3 aromatic rings. The fourth-order valence-electron chi connectivity index (χ4n) is 4.32. The van der Waals surface area contributed by atoms with Crippen LogP contribution in [0.4, 0.5) is 13.2 Å². The first-order valence-electron chi connectivity index (χ1n) is 10.6. The lowest BCUT2D eigenvalue weighted by atomic mass is 9.91. The van der Waals surface area contributed by atoms with Crippen molar-refractivity contribution in [2.75, 3.05) is 7.05 Å². The third-order valence-corrected chi connectivity index (χ3v) is 5.88. The summed E-state index contributed by atoms with van der Waals surface area (Å²) in [6.07, 6.45) is 0.469. The molecule has 1 aliphatic carbocycles. The third-order valence-electron chi connectivity index (χ3n) is 5.88. The smallest absolute Gasteiger partial charge is 0.254 e. The monoisotopic (exact) mass is 443 g/mol. The molecule has 4 rings (SSSR count). The molecule has 8 heteroatoms. The van der Waals surface area contributed by atoms with E-state index in [1.165, 1.54) is 6.07 Å². The maximum absolute atomic E-state index is 14.7. The highest BCUT2D eigenvalue weighted by Gasteiger charge is 2.37. The Hall–Kier alpha value is -3.29. The molecule has 168 valence electrons. The number of nitrogens with one attached hydrogen (secondary N) is 3. The zero-order valence-corrected chi connectivity index (χ0v) is 17.6. The van der Waals surface area contributed by atoms with E-state index in [2.05, 4.69) is 15.6 Å². The van der Waals surface area contributed by atoms with E-state index in [0.29, 0.717) is 29.6 Å². The molecule has 5 nitrogen and oxygen atoms in total. The molecule has 0 aliphatic heterocycles. The number of alkyl halides is 2. The number of rotatable bonds is 5. The van der Waals surface area contributed by atoms with Crippen LogP contribution in [0, 0.1) is 5.82 Å². The van der Waals surface area contributed by atoms with E-state index >= 15 is 0 Å². The molecule has 1 saturated carbocycles. The summed E-state index contributed by atoms with van der Waals surface area (Å²) >= 11 is 0. The van der Waals surface area contributed by atoms with Crippen molar-refractivity contribution >= 4 is 22.7 Å². The Kier molecular flexibility index (Phi) is 5.95. The van der Waals surface area contributed by atoms with Crippen molar-refractivity contribution in [3.8, 4) is 0 Å². The molecule has 2 amide bonds. The van der Waals surface area contributed by atoms with E-state index in [1.54, 1.807) is 43.4 Å². The second-order valence-corrected chi connectivity index (χ2v) is 8.22. The Morgan fingerprint density at radius 2 is 1.88 bits per heavy atom. The van der Waals surface area contributed by atoms with E-state index in [-0.39, 0.29) is 29.7 Å². The van der Waals surface area contributed by atoms with Gasteiger partial charge in [-0.05, 0) is 42.7 Å². The predicted molar refractivity (Wildman–Crippen MR) is 116 cm³/mol. The zero-order valence-electron chi connectivity index (χ0n) is 17.6. The number of fused-ring (bicyclic) bond motifs is 1. The lowest BCUT2D eigenvalue weighted by molar-refractivity contribution is -0.0429. The lowest BCUT2D eigenvalue weighted by Crippen LogP contribution is -2.42. The second-order valence-electron chi connectivity index (χ2n) is 8.22. The van der Waals surface area contributed by atoms with Crippen molar-refractivity contribution in [3.63, 3.8) is 0 Å². The van der Waals surface area contributed by atoms with E-state index in [1.807, 2.05) is 0 Å². The lowest BCUT2D eigenvalue weighted by Gasteiger charge is -2.29. The van der Waals surface area contributed by atoms with E-state index in [9.17, 15) is 22.8 Å². The van der Waals surface area contributed by atoms with Crippen LogP contribution in [-0.4, -0.2) is 35.8 Å². The molecule has 0 radical (unpaired) electrons. The Balaban J connectivity index is 1.66. The van der Waals surface area contributed by atoms with Gasteiger partial charge in [0.05, 0.1) is 5.56 Å². The summed E-state index contributed by atoms with van der Waals surface area (Å²) in [5.41, 5.74) is 2.37.